The third-order valence-electron chi connectivity index (χ3n) is 0.235. The van der Waals surface area contributed by atoms with Crippen molar-refractivity contribution in [3.8, 4) is 0 Å². The van der Waals surface area contributed by atoms with Gasteiger partial charge in [-0.1, -0.05) is 12.2 Å². The van der Waals surface area contributed by atoms with Crippen molar-refractivity contribution in [3.63, 3.8) is 0 Å². The van der Waals surface area contributed by atoms with E-state index in [1.807, 2.05) is 0 Å². The van der Waals surface area contributed by atoms with E-state index in [0.29, 0.717) is 0 Å². The topological polar surface area (TPSA) is 17.1 Å². The van der Waals surface area contributed by atoms with Crippen LogP contribution in [0.15, 0.2) is 24.8 Å². The van der Waals surface area contributed by atoms with Crippen LogP contribution in [0.1, 0.15) is 6.92 Å². The molecule has 0 bridgehead atoms. The summed E-state index contributed by atoms with van der Waals surface area (Å²) in [7, 11) is 0. The van der Waals surface area contributed by atoms with E-state index in [0.717, 1.165) is 0 Å². The zero-order chi connectivity index (χ0) is 6.83. The second-order valence-corrected chi connectivity index (χ2v) is 0.907. The number of allylic oxidation sites excluding steroid dienone is 3. The minimum absolute atomic E-state index is 1.32. The van der Waals surface area contributed by atoms with Gasteiger partial charge in [-0.3, -0.25) is 4.79 Å². The molecule has 44 valence electrons. The van der Waals surface area contributed by atoms with Gasteiger partial charge in [0.05, 0.1) is 0 Å². The van der Waals surface area contributed by atoms with Crippen molar-refractivity contribution in [1.29, 1.82) is 0 Å². The van der Waals surface area contributed by atoms with Gasteiger partial charge in [0.25, 0.3) is 0 Å². The lowest BCUT2D eigenvalue weighted by Crippen LogP contribution is -1.50. The first kappa shape index (κ1) is 10.2. The summed E-state index contributed by atoms with van der Waals surface area (Å²) in [4.78, 5) is 9.19. The molecule has 0 N–H and O–H groups in total. The second-order valence-electron chi connectivity index (χ2n) is 0.907. The lowest BCUT2D eigenvalue weighted by molar-refractivity contribution is 0.564. The Morgan fingerprint density at radius 3 is 2.00 bits per heavy atom. The molecule has 1 nitrogen and oxygen atoms in total. The van der Waals surface area contributed by atoms with Crippen LogP contribution in [0.2, 0.25) is 0 Å². The van der Waals surface area contributed by atoms with E-state index in [1.54, 1.807) is 19.3 Å². The molecular weight excluding hydrogens is 100 g/mol. The average Bonchev–Trinajstić information content (AvgIpc) is 1.71. The molecule has 0 saturated heterocycles. The zero-order valence-electron chi connectivity index (χ0n) is 5.05. The zero-order valence-corrected chi connectivity index (χ0v) is 5.05. The number of hydrogen-bond donors (Lipinski definition) is 0. The summed E-state index contributed by atoms with van der Waals surface area (Å²) < 4.78 is 0. The standard InChI is InChI=1S/C4H5O.C3H5/c1-2-3-4-5;1-3-2/h2-3H,1H3;3H,1-2H2. The Bertz CT molecular complexity index is 72.5. The summed E-state index contributed by atoms with van der Waals surface area (Å²) in [6.45, 7) is 8.27. The van der Waals surface area contributed by atoms with Gasteiger partial charge in [-0.15, -0.1) is 6.58 Å². The first-order valence-electron chi connectivity index (χ1n) is 2.22. The Kier molecular flexibility index (Phi) is 21.0. The summed E-state index contributed by atoms with van der Waals surface area (Å²) in [5, 5.41) is 0. The molecule has 0 rings (SSSR count). The van der Waals surface area contributed by atoms with E-state index in [1.165, 1.54) is 12.2 Å². The van der Waals surface area contributed by atoms with Gasteiger partial charge in [0.2, 0.25) is 6.29 Å². The van der Waals surface area contributed by atoms with Gasteiger partial charge >= 0.3 is 0 Å². The first-order valence-corrected chi connectivity index (χ1v) is 2.22. The van der Waals surface area contributed by atoms with Crippen LogP contribution in [0, 0.1) is 6.92 Å². The first-order chi connectivity index (χ1) is 3.83. The van der Waals surface area contributed by atoms with E-state index in [-0.39, 0.29) is 0 Å². The molecule has 0 aromatic heterocycles. The monoisotopic (exact) mass is 110 g/mol. The summed E-state index contributed by atoms with van der Waals surface area (Å²) in [6, 6.07) is 0. The fourth-order valence-corrected chi connectivity index (χ4v) is 0.0680. The number of rotatable bonds is 1. The lowest BCUT2D eigenvalue weighted by atomic mass is 10.6. The molecule has 0 amide bonds. The maximum absolute atomic E-state index is 9.19. The molecule has 0 atom stereocenters. The molecule has 0 fully saturated rings. The van der Waals surface area contributed by atoms with Crippen LogP contribution >= 0.6 is 0 Å². The molecule has 0 unspecified atom stereocenters. The highest BCUT2D eigenvalue weighted by Gasteiger charge is 1.51. The summed E-state index contributed by atoms with van der Waals surface area (Å²) in [5.41, 5.74) is 0. The Morgan fingerprint density at radius 2 is 2.00 bits per heavy atom. The third kappa shape index (κ3) is 67.1. The molecule has 0 aliphatic heterocycles. The Morgan fingerprint density at radius 1 is 1.62 bits per heavy atom. The molecule has 0 aromatic carbocycles. The van der Waals surface area contributed by atoms with E-state index < -0.39 is 0 Å². The van der Waals surface area contributed by atoms with Gasteiger partial charge in [-0.25, -0.2) is 0 Å². The average molecular weight is 110 g/mol. The number of carbonyl (C=O) groups excluding carboxylic acids is 1. The second kappa shape index (κ2) is 16.4. The van der Waals surface area contributed by atoms with Crippen molar-refractivity contribution in [2.45, 2.75) is 6.92 Å². The summed E-state index contributed by atoms with van der Waals surface area (Å²) in [5.74, 6) is 0. The maximum Gasteiger partial charge on any atom is 0.225 e. The van der Waals surface area contributed by atoms with Crippen molar-refractivity contribution in [1.82, 2.24) is 0 Å². The maximum atomic E-state index is 9.19. The molecule has 0 aromatic rings. The highest BCUT2D eigenvalue weighted by Crippen LogP contribution is 1.55. The van der Waals surface area contributed by atoms with Crippen LogP contribution in [0.3, 0.4) is 0 Å². The molecular formula is C7H10O. The van der Waals surface area contributed by atoms with Crippen LogP contribution in [0.4, 0.5) is 0 Å². The van der Waals surface area contributed by atoms with Gasteiger partial charge in [0.15, 0.2) is 0 Å². The highest BCUT2D eigenvalue weighted by molar-refractivity contribution is 5.65. The molecule has 2 radical (unpaired) electrons. The van der Waals surface area contributed by atoms with E-state index in [9.17, 15) is 4.79 Å². The lowest BCUT2D eigenvalue weighted by Gasteiger charge is -1.49. The van der Waals surface area contributed by atoms with Gasteiger partial charge in [-0.05, 0) is 19.9 Å². The van der Waals surface area contributed by atoms with Crippen molar-refractivity contribution in [2.24, 2.45) is 0 Å². The third-order valence-corrected chi connectivity index (χ3v) is 0.235. The van der Waals surface area contributed by atoms with Gasteiger partial charge in [0.1, 0.15) is 0 Å². The summed E-state index contributed by atoms with van der Waals surface area (Å²) >= 11 is 0. The molecule has 0 spiro atoms. The van der Waals surface area contributed by atoms with Gasteiger partial charge < -0.3 is 0 Å². The van der Waals surface area contributed by atoms with Crippen LogP contribution in [-0.2, 0) is 4.79 Å². The molecule has 0 heterocycles. The molecule has 0 aliphatic carbocycles. The molecule has 0 aliphatic rings. The summed E-state index contributed by atoms with van der Waals surface area (Å²) in [6.07, 6.45) is 6.04. The van der Waals surface area contributed by atoms with Crippen molar-refractivity contribution < 1.29 is 4.79 Å². The minimum atomic E-state index is 1.32. The Labute approximate surface area is 50.7 Å². The molecule has 0 saturated carbocycles. The van der Waals surface area contributed by atoms with E-state index >= 15 is 0 Å². The van der Waals surface area contributed by atoms with Crippen molar-refractivity contribution in [2.75, 3.05) is 0 Å². The van der Waals surface area contributed by atoms with Gasteiger partial charge in [-0.2, -0.15) is 0 Å². The predicted octanol–water partition coefficient (Wildman–Crippen LogP) is 1.68. The Hall–Kier alpha value is -0.850. The SMILES string of the molecule is CC=C[C]=O.[CH2]C=C. The smallest absolute Gasteiger partial charge is 0.225 e. The normalized spacial score (nSPS) is 7.25. The fourth-order valence-electron chi connectivity index (χ4n) is 0.0680. The van der Waals surface area contributed by atoms with Crippen molar-refractivity contribution in [3.05, 3.63) is 31.7 Å². The van der Waals surface area contributed by atoms with Crippen LogP contribution in [-0.4, -0.2) is 6.29 Å². The Balaban J connectivity index is 0. The fraction of sp³-hybridized carbons (Fsp3) is 0.143. The molecule has 8 heavy (non-hydrogen) atoms. The predicted molar refractivity (Wildman–Crippen MR) is 36.1 cm³/mol. The number of hydrogen-bond acceptors (Lipinski definition) is 1. The van der Waals surface area contributed by atoms with E-state index in [2.05, 4.69) is 13.5 Å². The molecule has 1 heteroatoms. The van der Waals surface area contributed by atoms with Crippen molar-refractivity contribution >= 4 is 6.29 Å². The van der Waals surface area contributed by atoms with Gasteiger partial charge in [0, 0.05) is 0 Å². The van der Waals surface area contributed by atoms with Crippen LogP contribution in [0.25, 0.3) is 0 Å². The van der Waals surface area contributed by atoms with Crippen LogP contribution < -0.4 is 0 Å². The van der Waals surface area contributed by atoms with Crippen LogP contribution in [0.5, 0.6) is 0 Å². The highest BCUT2D eigenvalue weighted by atomic mass is 16.1. The largest absolute Gasteiger partial charge is 0.286 e. The quantitative estimate of drug-likeness (QED) is 0.469. The minimum Gasteiger partial charge on any atom is -0.286 e. The van der Waals surface area contributed by atoms with E-state index in [4.69, 9.17) is 0 Å².